The molecule has 1 aliphatic rings. The van der Waals surface area contributed by atoms with Crippen LogP contribution in [0.4, 0.5) is 0 Å². The minimum atomic E-state index is 0.415. The van der Waals surface area contributed by atoms with Crippen molar-refractivity contribution < 1.29 is 4.74 Å². The van der Waals surface area contributed by atoms with Gasteiger partial charge < -0.3 is 10.5 Å². The lowest BCUT2D eigenvalue weighted by Gasteiger charge is -2.17. The number of nitrogens with two attached hydrogens (primary N) is 1. The van der Waals surface area contributed by atoms with Crippen molar-refractivity contribution in [2.75, 3.05) is 0 Å². The molecule has 1 fully saturated rings. The maximum Gasteiger partial charge on any atom is 0.0720 e. The van der Waals surface area contributed by atoms with Crippen LogP contribution in [0.3, 0.4) is 0 Å². The van der Waals surface area contributed by atoms with E-state index in [-0.39, 0.29) is 0 Å². The van der Waals surface area contributed by atoms with Crippen LogP contribution in [0.25, 0.3) is 0 Å². The van der Waals surface area contributed by atoms with Gasteiger partial charge in [-0.2, -0.15) is 0 Å². The molecular formula is C16H25NO. The van der Waals surface area contributed by atoms with Crippen LogP contribution in [0.15, 0.2) is 30.3 Å². The molecule has 0 radical (unpaired) electrons. The van der Waals surface area contributed by atoms with E-state index in [1.165, 1.54) is 44.1 Å². The third-order valence-corrected chi connectivity index (χ3v) is 3.78. The summed E-state index contributed by atoms with van der Waals surface area (Å²) in [5, 5.41) is 0. The summed E-state index contributed by atoms with van der Waals surface area (Å²) in [6, 6.07) is 10.9. The Labute approximate surface area is 111 Å². The lowest BCUT2D eigenvalue weighted by atomic mass is 10.1. The number of benzene rings is 1. The van der Waals surface area contributed by atoms with Crippen LogP contribution in [0.5, 0.6) is 0 Å². The summed E-state index contributed by atoms with van der Waals surface area (Å²) in [6.07, 6.45) is 8.85. The molecule has 1 saturated carbocycles. The van der Waals surface area contributed by atoms with E-state index in [0.717, 1.165) is 13.0 Å². The minimum absolute atomic E-state index is 0.415. The van der Waals surface area contributed by atoms with Crippen LogP contribution >= 0.6 is 0 Å². The second-order valence-corrected chi connectivity index (χ2v) is 5.39. The monoisotopic (exact) mass is 247 g/mol. The first-order valence-corrected chi connectivity index (χ1v) is 7.25. The van der Waals surface area contributed by atoms with Crippen LogP contribution in [0, 0.1) is 0 Å². The molecule has 0 aliphatic heterocycles. The summed E-state index contributed by atoms with van der Waals surface area (Å²) in [6.45, 7) is 0.748. The maximum absolute atomic E-state index is 6.05. The van der Waals surface area contributed by atoms with Crippen molar-refractivity contribution >= 4 is 0 Å². The van der Waals surface area contributed by atoms with Crippen molar-refractivity contribution in [1.82, 2.24) is 0 Å². The third kappa shape index (κ3) is 4.79. The van der Waals surface area contributed by atoms with E-state index in [9.17, 15) is 0 Å². The van der Waals surface area contributed by atoms with Crippen LogP contribution in [0.1, 0.15) is 50.5 Å². The van der Waals surface area contributed by atoms with Crippen molar-refractivity contribution in [3.63, 3.8) is 0 Å². The van der Waals surface area contributed by atoms with E-state index in [4.69, 9.17) is 10.5 Å². The molecule has 1 aromatic carbocycles. The van der Waals surface area contributed by atoms with Gasteiger partial charge in [-0.05, 0) is 37.7 Å². The molecule has 1 aromatic rings. The first-order valence-electron chi connectivity index (χ1n) is 7.25. The Bertz CT molecular complexity index is 325. The zero-order chi connectivity index (χ0) is 12.6. The molecule has 2 N–H and O–H groups in total. The molecule has 0 saturated heterocycles. The largest absolute Gasteiger partial charge is 0.374 e. The van der Waals surface area contributed by atoms with Gasteiger partial charge in [0.05, 0.1) is 12.7 Å². The fourth-order valence-corrected chi connectivity index (χ4v) is 2.63. The fraction of sp³-hybridized carbons (Fsp3) is 0.625. The van der Waals surface area contributed by atoms with Crippen LogP contribution in [-0.2, 0) is 11.3 Å². The van der Waals surface area contributed by atoms with E-state index >= 15 is 0 Å². The van der Waals surface area contributed by atoms with Crippen molar-refractivity contribution in [2.24, 2.45) is 5.73 Å². The summed E-state index contributed by atoms with van der Waals surface area (Å²) in [5.74, 6) is 0. The summed E-state index contributed by atoms with van der Waals surface area (Å²) >= 11 is 0. The van der Waals surface area contributed by atoms with Gasteiger partial charge in [0.2, 0.25) is 0 Å². The van der Waals surface area contributed by atoms with Gasteiger partial charge in [-0.1, -0.05) is 43.2 Å². The average molecular weight is 247 g/mol. The predicted octanol–water partition coefficient (Wildman–Crippen LogP) is 3.64. The van der Waals surface area contributed by atoms with Gasteiger partial charge in [0, 0.05) is 6.04 Å². The molecule has 0 aromatic heterocycles. The van der Waals surface area contributed by atoms with Crippen molar-refractivity contribution in [3.8, 4) is 0 Å². The molecule has 18 heavy (non-hydrogen) atoms. The highest BCUT2D eigenvalue weighted by atomic mass is 16.5. The van der Waals surface area contributed by atoms with Crippen molar-refractivity contribution in [3.05, 3.63) is 35.9 Å². The Morgan fingerprint density at radius 1 is 0.944 bits per heavy atom. The second kappa shape index (κ2) is 7.55. The third-order valence-electron chi connectivity index (χ3n) is 3.78. The number of hydrogen-bond donors (Lipinski definition) is 1. The predicted molar refractivity (Wildman–Crippen MR) is 75.3 cm³/mol. The summed E-state index contributed by atoms with van der Waals surface area (Å²) < 4.78 is 6.05. The lowest BCUT2D eigenvalue weighted by molar-refractivity contribution is 0.0273. The second-order valence-electron chi connectivity index (χ2n) is 5.39. The first kappa shape index (κ1) is 13.6. The lowest BCUT2D eigenvalue weighted by Crippen LogP contribution is -2.19. The van der Waals surface area contributed by atoms with Gasteiger partial charge in [0.15, 0.2) is 0 Å². The van der Waals surface area contributed by atoms with Gasteiger partial charge in [-0.15, -0.1) is 0 Å². The highest BCUT2D eigenvalue weighted by molar-refractivity contribution is 5.13. The molecule has 0 heterocycles. The highest BCUT2D eigenvalue weighted by Gasteiger charge is 2.13. The molecule has 0 bridgehead atoms. The van der Waals surface area contributed by atoms with Crippen molar-refractivity contribution in [2.45, 2.75) is 63.7 Å². The first-order chi connectivity index (χ1) is 8.84. The Morgan fingerprint density at radius 3 is 2.44 bits per heavy atom. The van der Waals surface area contributed by atoms with Crippen LogP contribution in [0.2, 0.25) is 0 Å². The van der Waals surface area contributed by atoms with E-state index in [0.29, 0.717) is 12.1 Å². The van der Waals surface area contributed by atoms with Crippen molar-refractivity contribution in [1.29, 1.82) is 0 Å². The smallest absolute Gasteiger partial charge is 0.0720 e. The van der Waals surface area contributed by atoms with Gasteiger partial charge >= 0.3 is 0 Å². The Kier molecular flexibility index (Phi) is 5.69. The number of rotatable bonds is 3. The van der Waals surface area contributed by atoms with Gasteiger partial charge in [0.1, 0.15) is 0 Å². The van der Waals surface area contributed by atoms with Crippen LogP contribution in [-0.4, -0.2) is 12.1 Å². The number of hydrogen-bond acceptors (Lipinski definition) is 2. The van der Waals surface area contributed by atoms with E-state index in [1.54, 1.807) is 0 Å². The Balaban J connectivity index is 1.77. The van der Waals surface area contributed by atoms with Crippen LogP contribution < -0.4 is 5.73 Å². The molecule has 2 unspecified atom stereocenters. The SMILES string of the molecule is NC1CCCCC(OCc2ccccc2)CCC1. The van der Waals surface area contributed by atoms with E-state index in [1.807, 2.05) is 6.07 Å². The Hall–Kier alpha value is -0.860. The van der Waals surface area contributed by atoms with E-state index in [2.05, 4.69) is 24.3 Å². The molecule has 2 atom stereocenters. The normalized spacial score (nSPS) is 26.1. The van der Waals surface area contributed by atoms with Gasteiger partial charge in [0.25, 0.3) is 0 Å². The van der Waals surface area contributed by atoms with E-state index < -0.39 is 0 Å². The standard InChI is InChI=1S/C16H25NO/c17-15-9-4-5-11-16(12-6-10-15)18-13-14-7-2-1-3-8-14/h1-3,7-8,15-16H,4-6,9-13,17H2. The Morgan fingerprint density at radius 2 is 1.61 bits per heavy atom. The minimum Gasteiger partial charge on any atom is -0.374 e. The molecule has 0 spiro atoms. The summed E-state index contributed by atoms with van der Waals surface area (Å²) in [5.41, 5.74) is 7.32. The fourth-order valence-electron chi connectivity index (χ4n) is 2.63. The maximum atomic E-state index is 6.05. The molecule has 2 nitrogen and oxygen atoms in total. The quantitative estimate of drug-likeness (QED) is 0.885. The zero-order valence-electron chi connectivity index (χ0n) is 11.2. The molecule has 2 rings (SSSR count). The molecule has 0 amide bonds. The average Bonchev–Trinajstić information content (AvgIpc) is 2.50. The number of ether oxygens (including phenoxy) is 1. The molecule has 2 heteroatoms. The molecule has 100 valence electrons. The highest BCUT2D eigenvalue weighted by Crippen LogP contribution is 2.19. The summed E-state index contributed by atoms with van der Waals surface area (Å²) in [7, 11) is 0. The van der Waals surface area contributed by atoms with Gasteiger partial charge in [-0.25, -0.2) is 0 Å². The molecule has 1 aliphatic carbocycles. The molecular weight excluding hydrogens is 222 g/mol. The van der Waals surface area contributed by atoms with Gasteiger partial charge in [-0.3, -0.25) is 0 Å². The summed E-state index contributed by atoms with van der Waals surface area (Å²) in [4.78, 5) is 0. The zero-order valence-corrected chi connectivity index (χ0v) is 11.2. The topological polar surface area (TPSA) is 35.2 Å².